The number of nitrogens with two attached hydrogens (primary N) is 2. The molecule has 4 rings (SSSR count). The van der Waals surface area contributed by atoms with Crippen LogP contribution < -0.4 is 22.1 Å². The summed E-state index contributed by atoms with van der Waals surface area (Å²) in [5, 5.41) is 6.30. The van der Waals surface area contributed by atoms with Crippen LogP contribution >= 0.6 is 0 Å². The molecule has 0 spiro atoms. The first-order valence-electron chi connectivity index (χ1n) is 8.75. The van der Waals surface area contributed by atoms with Gasteiger partial charge in [-0.25, -0.2) is 4.98 Å². The normalized spacial score (nSPS) is 11.6. The fraction of sp³-hybridized carbons (Fsp3) is 0.150. The van der Waals surface area contributed by atoms with Crippen molar-refractivity contribution >= 4 is 23.4 Å². The molecular weight excluding hydrogens is 340 g/mol. The zero-order valence-electron chi connectivity index (χ0n) is 14.7. The standard InChI is InChI=1S/C20H20N6O/c21-8-9-23-20-24-11-16(18(22)27)19(26-20)25-17-7-3-6-14-13-5-2-1-4-12(13)10-15(14)17/h1-7,11H,8-10,21H2,(H2,22,27)(H2,23,24,25,26). The SMILES string of the molecule is NCCNc1ncc(C(N)=O)c(Nc2cccc3c2Cc2ccccc2-3)n1. The highest BCUT2D eigenvalue weighted by molar-refractivity contribution is 5.98. The van der Waals surface area contributed by atoms with Crippen molar-refractivity contribution in [2.75, 3.05) is 23.7 Å². The molecule has 136 valence electrons. The van der Waals surface area contributed by atoms with E-state index in [4.69, 9.17) is 11.5 Å². The first-order valence-corrected chi connectivity index (χ1v) is 8.75. The molecule has 0 fully saturated rings. The number of anilines is 3. The Morgan fingerprint density at radius 1 is 1.11 bits per heavy atom. The van der Waals surface area contributed by atoms with Crippen LogP contribution in [-0.2, 0) is 6.42 Å². The van der Waals surface area contributed by atoms with Gasteiger partial charge in [0.25, 0.3) is 5.91 Å². The lowest BCUT2D eigenvalue weighted by Gasteiger charge is -2.14. The van der Waals surface area contributed by atoms with Crippen molar-refractivity contribution in [1.29, 1.82) is 0 Å². The zero-order valence-corrected chi connectivity index (χ0v) is 14.7. The van der Waals surface area contributed by atoms with Gasteiger partial charge in [0.2, 0.25) is 5.95 Å². The largest absolute Gasteiger partial charge is 0.365 e. The predicted octanol–water partition coefficient (Wildman–Crippen LogP) is 2.26. The second-order valence-electron chi connectivity index (χ2n) is 6.33. The van der Waals surface area contributed by atoms with Crippen LogP contribution in [0, 0.1) is 0 Å². The third kappa shape index (κ3) is 3.20. The van der Waals surface area contributed by atoms with Crippen LogP contribution in [0.3, 0.4) is 0 Å². The van der Waals surface area contributed by atoms with E-state index in [9.17, 15) is 4.79 Å². The molecule has 7 heteroatoms. The molecule has 27 heavy (non-hydrogen) atoms. The highest BCUT2D eigenvalue weighted by atomic mass is 16.1. The molecule has 0 radical (unpaired) electrons. The van der Waals surface area contributed by atoms with E-state index in [2.05, 4.69) is 38.8 Å². The molecule has 1 aliphatic rings. The molecule has 0 atom stereocenters. The summed E-state index contributed by atoms with van der Waals surface area (Å²) in [5.74, 6) is 0.184. The van der Waals surface area contributed by atoms with Crippen LogP contribution in [-0.4, -0.2) is 29.0 Å². The van der Waals surface area contributed by atoms with Crippen molar-refractivity contribution in [3.63, 3.8) is 0 Å². The van der Waals surface area contributed by atoms with Crippen LogP contribution in [0.15, 0.2) is 48.7 Å². The molecule has 0 saturated heterocycles. The number of benzene rings is 2. The number of primary amides is 1. The second kappa shape index (κ2) is 7.05. The highest BCUT2D eigenvalue weighted by Crippen LogP contribution is 2.40. The summed E-state index contributed by atoms with van der Waals surface area (Å²) in [6.45, 7) is 0.986. The monoisotopic (exact) mass is 360 g/mol. The molecule has 6 N–H and O–H groups in total. The fourth-order valence-electron chi connectivity index (χ4n) is 3.33. The van der Waals surface area contributed by atoms with E-state index in [0.717, 1.165) is 12.1 Å². The molecule has 1 aliphatic carbocycles. The molecule has 3 aromatic rings. The van der Waals surface area contributed by atoms with Crippen LogP contribution in [0.4, 0.5) is 17.5 Å². The molecule has 1 amide bonds. The van der Waals surface area contributed by atoms with Gasteiger partial charge in [0.05, 0.1) is 0 Å². The minimum atomic E-state index is -0.585. The van der Waals surface area contributed by atoms with Crippen molar-refractivity contribution in [3.05, 3.63) is 65.4 Å². The number of carbonyl (C=O) groups excluding carboxylic acids is 1. The maximum atomic E-state index is 11.8. The summed E-state index contributed by atoms with van der Waals surface area (Å²) in [4.78, 5) is 20.3. The average molecular weight is 360 g/mol. The van der Waals surface area contributed by atoms with Crippen molar-refractivity contribution in [2.45, 2.75) is 6.42 Å². The molecule has 7 nitrogen and oxygen atoms in total. The van der Waals surface area contributed by atoms with Crippen LogP contribution in [0.1, 0.15) is 21.5 Å². The Morgan fingerprint density at radius 3 is 2.74 bits per heavy atom. The summed E-state index contributed by atoms with van der Waals surface area (Å²) < 4.78 is 0. The Labute approximate surface area is 156 Å². The third-order valence-electron chi connectivity index (χ3n) is 4.59. The molecule has 0 aliphatic heterocycles. The summed E-state index contributed by atoms with van der Waals surface area (Å²) >= 11 is 0. The fourth-order valence-corrected chi connectivity index (χ4v) is 3.33. The summed E-state index contributed by atoms with van der Waals surface area (Å²) in [7, 11) is 0. The van der Waals surface area contributed by atoms with Gasteiger partial charge >= 0.3 is 0 Å². The van der Waals surface area contributed by atoms with Gasteiger partial charge in [-0.3, -0.25) is 4.79 Å². The quantitative estimate of drug-likeness (QED) is 0.419. The zero-order chi connectivity index (χ0) is 18.8. The van der Waals surface area contributed by atoms with E-state index in [1.54, 1.807) is 0 Å². The van der Waals surface area contributed by atoms with E-state index < -0.39 is 5.91 Å². The van der Waals surface area contributed by atoms with E-state index in [1.807, 2.05) is 24.3 Å². The maximum Gasteiger partial charge on any atom is 0.254 e. The predicted molar refractivity (Wildman–Crippen MR) is 106 cm³/mol. The molecule has 1 heterocycles. The number of aromatic nitrogens is 2. The molecule has 1 aromatic heterocycles. The van der Waals surface area contributed by atoms with Crippen LogP contribution in [0.25, 0.3) is 11.1 Å². The van der Waals surface area contributed by atoms with Crippen LogP contribution in [0.2, 0.25) is 0 Å². The number of carbonyl (C=O) groups is 1. The second-order valence-corrected chi connectivity index (χ2v) is 6.33. The number of nitrogens with one attached hydrogen (secondary N) is 2. The van der Waals surface area contributed by atoms with Crippen molar-refractivity contribution in [1.82, 2.24) is 9.97 Å². The van der Waals surface area contributed by atoms with Gasteiger partial charge in [-0.15, -0.1) is 0 Å². The van der Waals surface area contributed by atoms with Gasteiger partial charge in [-0.2, -0.15) is 4.98 Å². The van der Waals surface area contributed by atoms with Gasteiger partial charge in [0.15, 0.2) is 0 Å². The topological polar surface area (TPSA) is 119 Å². The third-order valence-corrected chi connectivity index (χ3v) is 4.59. The van der Waals surface area contributed by atoms with E-state index in [1.165, 1.54) is 28.5 Å². The highest BCUT2D eigenvalue weighted by Gasteiger charge is 2.21. The number of rotatable bonds is 6. The minimum absolute atomic E-state index is 0.237. The number of amides is 1. The van der Waals surface area contributed by atoms with Gasteiger partial charge in [-0.1, -0.05) is 36.4 Å². The Hall–Kier alpha value is -3.45. The lowest BCUT2D eigenvalue weighted by molar-refractivity contribution is 0.100. The molecule has 2 aromatic carbocycles. The smallest absolute Gasteiger partial charge is 0.254 e. The molecule has 0 unspecified atom stereocenters. The number of fused-ring (bicyclic) bond motifs is 3. The van der Waals surface area contributed by atoms with Gasteiger partial charge in [-0.05, 0) is 28.3 Å². The number of hydrogen-bond donors (Lipinski definition) is 4. The average Bonchev–Trinajstić information content (AvgIpc) is 3.06. The first kappa shape index (κ1) is 17.0. The Balaban J connectivity index is 1.72. The first-order chi connectivity index (χ1) is 13.2. The van der Waals surface area contributed by atoms with Crippen LogP contribution in [0.5, 0.6) is 0 Å². The van der Waals surface area contributed by atoms with E-state index >= 15 is 0 Å². The minimum Gasteiger partial charge on any atom is -0.365 e. The summed E-state index contributed by atoms with van der Waals surface area (Å²) in [5.41, 5.74) is 17.0. The van der Waals surface area contributed by atoms with Gasteiger partial charge in [0.1, 0.15) is 11.4 Å². The van der Waals surface area contributed by atoms with Crippen molar-refractivity contribution in [2.24, 2.45) is 11.5 Å². The van der Waals surface area contributed by atoms with E-state index in [-0.39, 0.29) is 5.56 Å². The lowest BCUT2D eigenvalue weighted by Crippen LogP contribution is -2.18. The summed E-state index contributed by atoms with van der Waals surface area (Å²) in [6, 6.07) is 14.4. The maximum absolute atomic E-state index is 11.8. The molecule has 0 bridgehead atoms. The molecular formula is C20H20N6O. The lowest BCUT2D eigenvalue weighted by atomic mass is 10.0. The van der Waals surface area contributed by atoms with Gasteiger partial charge < -0.3 is 22.1 Å². The number of nitrogens with zero attached hydrogens (tertiary/aromatic N) is 2. The van der Waals surface area contributed by atoms with Crippen molar-refractivity contribution in [3.8, 4) is 11.1 Å². The Kier molecular flexibility index (Phi) is 4.43. The van der Waals surface area contributed by atoms with Crippen molar-refractivity contribution < 1.29 is 4.79 Å². The number of hydrogen-bond acceptors (Lipinski definition) is 6. The van der Waals surface area contributed by atoms with E-state index in [0.29, 0.717) is 24.9 Å². The molecule has 0 saturated carbocycles. The Bertz CT molecular complexity index is 1020. The van der Waals surface area contributed by atoms with Gasteiger partial charge in [0, 0.05) is 31.4 Å². The Morgan fingerprint density at radius 2 is 1.93 bits per heavy atom. The summed E-state index contributed by atoms with van der Waals surface area (Å²) in [6.07, 6.45) is 2.25.